The summed E-state index contributed by atoms with van der Waals surface area (Å²) in [5.74, 6) is -0.226. The highest BCUT2D eigenvalue weighted by atomic mass is 16.5. The molecule has 0 fully saturated rings. The minimum atomic E-state index is -0.672. The van der Waals surface area contributed by atoms with E-state index in [4.69, 9.17) is 9.47 Å². The molecule has 0 radical (unpaired) electrons. The molecule has 1 atom stereocenters. The zero-order chi connectivity index (χ0) is 19.0. The number of pyridine rings is 1. The van der Waals surface area contributed by atoms with E-state index < -0.39 is 11.4 Å². The van der Waals surface area contributed by atoms with Gasteiger partial charge in [-0.15, -0.1) is 0 Å². The van der Waals surface area contributed by atoms with Crippen molar-refractivity contribution in [2.45, 2.75) is 19.6 Å². The van der Waals surface area contributed by atoms with Crippen molar-refractivity contribution in [3.63, 3.8) is 0 Å². The molecule has 27 heavy (non-hydrogen) atoms. The Labute approximate surface area is 154 Å². The van der Waals surface area contributed by atoms with E-state index in [2.05, 4.69) is 0 Å². The van der Waals surface area contributed by atoms with Crippen molar-refractivity contribution in [3.05, 3.63) is 75.6 Å². The van der Waals surface area contributed by atoms with Crippen LogP contribution in [0.25, 0.3) is 10.9 Å². The normalized spacial score (nSPS) is 15.2. The van der Waals surface area contributed by atoms with Crippen LogP contribution in [0.3, 0.4) is 0 Å². The first-order valence-corrected chi connectivity index (χ1v) is 8.67. The number of carbonyl (C=O) groups is 2. The van der Waals surface area contributed by atoms with Crippen molar-refractivity contribution >= 4 is 23.2 Å². The minimum absolute atomic E-state index is 0.0490. The fraction of sp³-hybridized carbons (Fsp3) is 0.190. The van der Waals surface area contributed by atoms with Gasteiger partial charge in [-0.25, -0.2) is 4.79 Å². The SMILES string of the molecule is CCOC(=O)c1cn2c3c(cc(C=O)cc3c1=O)OC(c1ccccc1)C2. The molecule has 0 spiro atoms. The average molecular weight is 363 g/mol. The predicted octanol–water partition coefficient (Wildman–Crippen LogP) is 3.12. The van der Waals surface area contributed by atoms with Crippen molar-refractivity contribution in [2.75, 3.05) is 6.61 Å². The Morgan fingerprint density at radius 3 is 2.78 bits per heavy atom. The Bertz CT molecular complexity index is 1100. The minimum Gasteiger partial charge on any atom is -0.482 e. The van der Waals surface area contributed by atoms with E-state index in [1.54, 1.807) is 13.0 Å². The van der Waals surface area contributed by atoms with Crippen molar-refractivity contribution in [1.29, 1.82) is 0 Å². The van der Waals surface area contributed by atoms with E-state index in [0.717, 1.165) is 5.56 Å². The summed E-state index contributed by atoms with van der Waals surface area (Å²) < 4.78 is 12.9. The molecule has 0 bridgehead atoms. The van der Waals surface area contributed by atoms with Crippen LogP contribution < -0.4 is 10.2 Å². The van der Waals surface area contributed by atoms with Crippen LogP contribution in [0.2, 0.25) is 0 Å². The fourth-order valence-corrected chi connectivity index (χ4v) is 3.39. The number of carbonyl (C=O) groups excluding carboxylic acids is 2. The van der Waals surface area contributed by atoms with Crippen molar-refractivity contribution < 1.29 is 19.1 Å². The van der Waals surface area contributed by atoms with E-state index in [1.807, 2.05) is 34.9 Å². The molecule has 0 N–H and O–H groups in total. The predicted molar refractivity (Wildman–Crippen MR) is 99.4 cm³/mol. The van der Waals surface area contributed by atoms with Gasteiger partial charge in [0.1, 0.15) is 23.7 Å². The highest BCUT2D eigenvalue weighted by molar-refractivity contribution is 5.97. The molecule has 0 aliphatic carbocycles. The molecule has 6 nitrogen and oxygen atoms in total. The first-order valence-electron chi connectivity index (χ1n) is 8.67. The van der Waals surface area contributed by atoms with Crippen LogP contribution in [0.5, 0.6) is 5.75 Å². The van der Waals surface area contributed by atoms with Gasteiger partial charge in [0.15, 0.2) is 0 Å². The van der Waals surface area contributed by atoms with Crippen LogP contribution in [0.4, 0.5) is 0 Å². The first kappa shape index (κ1) is 17.0. The summed E-state index contributed by atoms with van der Waals surface area (Å²) >= 11 is 0. The largest absolute Gasteiger partial charge is 0.482 e. The Balaban J connectivity index is 1.94. The molecule has 2 heterocycles. The maximum Gasteiger partial charge on any atom is 0.343 e. The zero-order valence-corrected chi connectivity index (χ0v) is 14.7. The van der Waals surface area contributed by atoms with Gasteiger partial charge in [0.2, 0.25) is 5.43 Å². The van der Waals surface area contributed by atoms with Crippen LogP contribution in [0, 0.1) is 0 Å². The molecule has 0 saturated carbocycles. The molecule has 1 aliphatic rings. The highest BCUT2D eigenvalue weighted by Crippen LogP contribution is 2.35. The maximum atomic E-state index is 12.8. The standard InChI is InChI=1S/C21H17NO5/c1-2-26-21(25)16-10-22-11-18(14-6-4-3-5-7-14)27-17-9-13(12-23)8-15(19(17)22)20(16)24/h3-10,12,18H,2,11H2,1H3. The number of esters is 1. The summed E-state index contributed by atoms with van der Waals surface area (Å²) in [7, 11) is 0. The zero-order valence-electron chi connectivity index (χ0n) is 14.7. The van der Waals surface area contributed by atoms with Crippen molar-refractivity contribution in [1.82, 2.24) is 4.57 Å². The van der Waals surface area contributed by atoms with Crippen molar-refractivity contribution in [3.8, 4) is 5.75 Å². The molecule has 1 aromatic heterocycles. The van der Waals surface area contributed by atoms with Gasteiger partial charge in [-0.3, -0.25) is 9.59 Å². The van der Waals surface area contributed by atoms with Crippen LogP contribution in [-0.2, 0) is 11.3 Å². The first-order chi connectivity index (χ1) is 13.1. The van der Waals surface area contributed by atoms with Crippen LogP contribution in [-0.4, -0.2) is 23.4 Å². The second-order valence-electron chi connectivity index (χ2n) is 6.29. The molecule has 2 aromatic carbocycles. The maximum absolute atomic E-state index is 12.8. The molecule has 0 saturated heterocycles. The molecular formula is C21H17NO5. The summed E-state index contributed by atoms with van der Waals surface area (Å²) in [5.41, 5.74) is 1.34. The van der Waals surface area contributed by atoms with E-state index in [-0.39, 0.29) is 23.7 Å². The number of benzene rings is 2. The topological polar surface area (TPSA) is 74.6 Å². The molecule has 4 rings (SSSR count). The monoisotopic (exact) mass is 363 g/mol. The van der Waals surface area contributed by atoms with E-state index in [9.17, 15) is 14.4 Å². The lowest BCUT2D eigenvalue weighted by atomic mass is 10.0. The molecule has 3 aromatic rings. The van der Waals surface area contributed by atoms with Gasteiger partial charge in [-0.1, -0.05) is 30.3 Å². The van der Waals surface area contributed by atoms with Gasteiger partial charge < -0.3 is 14.0 Å². The van der Waals surface area contributed by atoms with Gasteiger partial charge in [0.25, 0.3) is 0 Å². The number of ether oxygens (including phenoxy) is 2. The van der Waals surface area contributed by atoms with E-state index >= 15 is 0 Å². The molecule has 1 unspecified atom stereocenters. The second kappa shape index (κ2) is 6.72. The van der Waals surface area contributed by atoms with Crippen LogP contribution in [0.15, 0.2) is 53.5 Å². The number of hydrogen-bond acceptors (Lipinski definition) is 5. The van der Waals surface area contributed by atoms with E-state index in [1.165, 1.54) is 12.3 Å². The lowest BCUT2D eigenvalue weighted by Gasteiger charge is -2.29. The molecule has 136 valence electrons. The number of rotatable bonds is 4. The highest BCUT2D eigenvalue weighted by Gasteiger charge is 2.27. The molecule has 0 amide bonds. The van der Waals surface area contributed by atoms with Gasteiger partial charge in [-0.05, 0) is 24.6 Å². The molecule has 1 aliphatic heterocycles. The third-order valence-corrected chi connectivity index (χ3v) is 4.59. The Morgan fingerprint density at radius 1 is 1.30 bits per heavy atom. The van der Waals surface area contributed by atoms with Crippen LogP contribution in [0.1, 0.15) is 39.3 Å². The number of hydrogen-bond donors (Lipinski definition) is 0. The summed E-state index contributed by atoms with van der Waals surface area (Å²) in [5, 5.41) is 0.270. The summed E-state index contributed by atoms with van der Waals surface area (Å²) in [6.45, 7) is 2.29. The number of nitrogens with zero attached hydrogens (tertiary/aromatic N) is 1. The third-order valence-electron chi connectivity index (χ3n) is 4.59. The average Bonchev–Trinajstić information content (AvgIpc) is 2.70. The van der Waals surface area contributed by atoms with Crippen molar-refractivity contribution in [2.24, 2.45) is 0 Å². The Hall–Kier alpha value is -3.41. The molecule has 6 heteroatoms. The van der Waals surface area contributed by atoms with E-state index in [0.29, 0.717) is 29.7 Å². The quantitative estimate of drug-likeness (QED) is 0.526. The summed E-state index contributed by atoms with van der Waals surface area (Å²) in [4.78, 5) is 36.4. The molecular weight excluding hydrogens is 346 g/mol. The third kappa shape index (κ3) is 2.89. The smallest absolute Gasteiger partial charge is 0.343 e. The van der Waals surface area contributed by atoms with Gasteiger partial charge in [0, 0.05) is 11.8 Å². The lowest BCUT2D eigenvalue weighted by molar-refractivity contribution is 0.0523. The summed E-state index contributed by atoms with van der Waals surface area (Å²) in [6.07, 6.45) is 1.87. The van der Waals surface area contributed by atoms with Gasteiger partial charge in [-0.2, -0.15) is 0 Å². The van der Waals surface area contributed by atoms with Crippen LogP contribution >= 0.6 is 0 Å². The van der Waals surface area contributed by atoms with Gasteiger partial charge in [0.05, 0.1) is 24.1 Å². The Morgan fingerprint density at radius 2 is 2.07 bits per heavy atom. The fourth-order valence-electron chi connectivity index (χ4n) is 3.39. The lowest BCUT2D eigenvalue weighted by Crippen LogP contribution is -2.27. The number of aromatic nitrogens is 1. The number of aldehydes is 1. The van der Waals surface area contributed by atoms with Gasteiger partial charge >= 0.3 is 5.97 Å². The summed E-state index contributed by atoms with van der Waals surface area (Å²) in [6, 6.07) is 12.8. The second-order valence-corrected chi connectivity index (χ2v) is 6.29. The Kier molecular flexibility index (Phi) is 4.24.